The number of hydrogen-bond donors (Lipinski definition) is 2. The molecule has 1 aromatic carbocycles. The first-order chi connectivity index (χ1) is 13.1. The second kappa shape index (κ2) is 7.27. The number of carbonyl (C=O) groups is 2. The van der Waals surface area contributed by atoms with Gasteiger partial charge in [-0.15, -0.1) is 0 Å². The molecule has 150 valence electrons. The van der Waals surface area contributed by atoms with Gasteiger partial charge in [0.25, 0.3) is 0 Å². The third-order valence-corrected chi connectivity index (χ3v) is 4.55. The molecule has 0 radical (unpaired) electrons. The summed E-state index contributed by atoms with van der Waals surface area (Å²) in [4.78, 5) is 37.5. The summed E-state index contributed by atoms with van der Waals surface area (Å²) >= 11 is 0. The Balaban J connectivity index is 1.88. The summed E-state index contributed by atoms with van der Waals surface area (Å²) in [6, 6.07) is 2.47. The summed E-state index contributed by atoms with van der Waals surface area (Å²) in [6.45, 7) is 1.93. The molecule has 2 unspecified atom stereocenters. The van der Waals surface area contributed by atoms with Crippen LogP contribution >= 0.6 is 0 Å². The lowest BCUT2D eigenvalue weighted by Crippen LogP contribution is -2.48. The van der Waals surface area contributed by atoms with Gasteiger partial charge in [0.2, 0.25) is 11.8 Å². The fourth-order valence-electron chi connectivity index (χ4n) is 3.27. The number of nitrogens with one attached hydrogen (secondary N) is 1. The van der Waals surface area contributed by atoms with E-state index in [2.05, 4.69) is 5.32 Å². The van der Waals surface area contributed by atoms with E-state index in [1.807, 2.05) is 0 Å². The molecule has 2 aromatic rings. The Kier molecular flexibility index (Phi) is 5.16. The molecule has 2 amide bonds. The molecule has 1 fully saturated rings. The van der Waals surface area contributed by atoms with Crippen molar-refractivity contribution in [2.45, 2.75) is 38.0 Å². The van der Waals surface area contributed by atoms with Gasteiger partial charge in [0.05, 0.1) is 11.6 Å². The highest BCUT2D eigenvalue weighted by Gasteiger charge is 2.36. The number of alkyl halides is 3. The van der Waals surface area contributed by atoms with Crippen molar-refractivity contribution in [2.24, 2.45) is 5.73 Å². The highest BCUT2D eigenvalue weighted by atomic mass is 19.4. The molecule has 3 N–H and O–H groups in total. The third kappa shape index (κ3) is 3.86. The summed E-state index contributed by atoms with van der Waals surface area (Å²) in [7, 11) is 0. The van der Waals surface area contributed by atoms with Crippen molar-refractivity contribution in [3.05, 3.63) is 40.2 Å². The lowest BCUT2D eigenvalue weighted by molar-refractivity contribution is -0.137. The van der Waals surface area contributed by atoms with Crippen LogP contribution in [-0.4, -0.2) is 35.3 Å². The summed E-state index contributed by atoms with van der Waals surface area (Å²) in [5.74, 6) is -0.836. The Labute approximate surface area is 157 Å². The minimum atomic E-state index is -4.72. The van der Waals surface area contributed by atoms with Crippen LogP contribution < -0.4 is 16.7 Å². The lowest BCUT2D eigenvalue weighted by Gasteiger charge is -2.25. The number of likely N-dealkylation sites (tertiary alicyclic amines) is 1. The summed E-state index contributed by atoms with van der Waals surface area (Å²) in [6.07, 6.45) is -3.63. The van der Waals surface area contributed by atoms with E-state index in [0.717, 1.165) is 12.1 Å². The Hall–Kier alpha value is -2.88. The average molecular weight is 397 g/mol. The van der Waals surface area contributed by atoms with E-state index in [1.165, 1.54) is 17.9 Å². The SMILES string of the molecule is CC(N)C(=O)N1CCCC1C(=O)Nc1ccc2c(C(F)(F)F)cc(=O)oc2c1. The molecule has 0 spiro atoms. The van der Waals surface area contributed by atoms with Crippen LogP contribution in [-0.2, 0) is 15.8 Å². The predicted molar refractivity (Wildman–Crippen MR) is 94.5 cm³/mol. The average Bonchev–Trinajstić information content (AvgIpc) is 3.08. The van der Waals surface area contributed by atoms with Crippen molar-refractivity contribution >= 4 is 28.5 Å². The van der Waals surface area contributed by atoms with Gasteiger partial charge >= 0.3 is 11.8 Å². The van der Waals surface area contributed by atoms with Gasteiger partial charge in [-0.3, -0.25) is 9.59 Å². The lowest BCUT2D eigenvalue weighted by atomic mass is 10.1. The van der Waals surface area contributed by atoms with Crippen LogP contribution in [0.3, 0.4) is 0 Å². The predicted octanol–water partition coefficient (Wildman–Crippen LogP) is 2.09. The molecule has 0 aliphatic carbocycles. The second-order valence-electron chi connectivity index (χ2n) is 6.66. The van der Waals surface area contributed by atoms with E-state index in [-0.39, 0.29) is 22.6 Å². The van der Waals surface area contributed by atoms with E-state index in [9.17, 15) is 27.6 Å². The van der Waals surface area contributed by atoms with Crippen molar-refractivity contribution in [3.63, 3.8) is 0 Å². The van der Waals surface area contributed by atoms with Crippen LogP contribution in [0.1, 0.15) is 25.3 Å². The van der Waals surface area contributed by atoms with Crippen molar-refractivity contribution in [1.82, 2.24) is 4.90 Å². The minimum absolute atomic E-state index is 0.153. The molecule has 10 heteroatoms. The molecule has 0 saturated carbocycles. The molecule has 7 nitrogen and oxygen atoms in total. The Bertz CT molecular complexity index is 984. The number of halogens is 3. The molecular weight excluding hydrogens is 379 g/mol. The fraction of sp³-hybridized carbons (Fsp3) is 0.389. The molecule has 28 heavy (non-hydrogen) atoms. The number of fused-ring (bicyclic) bond motifs is 1. The van der Waals surface area contributed by atoms with Crippen LogP contribution in [0.5, 0.6) is 0 Å². The van der Waals surface area contributed by atoms with E-state index in [4.69, 9.17) is 10.2 Å². The zero-order chi connectivity index (χ0) is 20.6. The Morgan fingerprint density at radius 2 is 2.04 bits per heavy atom. The second-order valence-corrected chi connectivity index (χ2v) is 6.66. The van der Waals surface area contributed by atoms with Crippen LogP contribution in [0.2, 0.25) is 0 Å². The molecule has 1 aliphatic rings. The van der Waals surface area contributed by atoms with Gasteiger partial charge in [-0.25, -0.2) is 4.79 Å². The zero-order valence-electron chi connectivity index (χ0n) is 14.9. The fourth-order valence-corrected chi connectivity index (χ4v) is 3.27. The summed E-state index contributed by atoms with van der Waals surface area (Å²) in [5.41, 5.74) is 3.20. The third-order valence-electron chi connectivity index (χ3n) is 4.55. The highest BCUT2D eigenvalue weighted by Crippen LogP contribution is 2.34. The topological polar surface area (TPSA) is 106 Å². The first-order valence-corrected chi connectivity index (χ1v) is 8.60. The van der Waals surface area contributed by atoms with E-state index in [0.29, 0.717) is 25.5 Å². The molecule has 1 aromatic heterocycles. The largest absolute Gasteiger partial charge is 0.423 e. The van der Waals surface area contributed by atoms with Crippen LogP contribution in [0.25, 0.3) is 11.0 Å². The quantitative estimate of drug-likeness (QED) is 0.772. The first kappa shape index (κ1) is 19.9. The monoisotopic (exact) mass is 397 g/mol. The Morgan fingerprint density at radius 3 is 2.68 bits per heavy atom. The molecule has 0 bridgehead atoms. The van der Waals surface area contributed by atoms with E-state index in [1.54, 1.807) is 0 Å². The number of hydrogen-bond acceptors (Lipinski definition) is 5. The van der Waals surface area contributed by atoms with Crippen LogP contribution in [0.15, 0.2) is 33.5 Å². The molecule has 2 heterocycles. The van der Waals surface area contributed by atoms with Crippen molar-refractivity contribution in [2.75, 3.05) is 11.9 Å². The van der Waals surface area contributed by atoms with Gasteiger partial charge in [0, 0.05) is 29.8 Å². The van der Waals surface area contributed by atoms with Crippen molar-refractivity contribution < 1.29 is 27.2 Å². The van der Waals surface area contributed by atoms with Gasteiger partial charge in [0.15, 0.2) is 0 Å². The Morgan fingerprint density at radius 1 is 1.32 bits per heavy atom. The molecule has 2 atom stereocenters. The molecule has 1 saturated heterocycles. The van der Waals surface area contributed by atoms with Gasteiger partial charge in [-0.2, -0.15) is 13.2 Å². The number of nitrogens with zero attached hydrogens (tertiary/aromatic N) is 1. The minimum Gasteiger partial charge on any atom is -0.423 e. The molecular formula is C18H18F3N3O4. The van der Waals surface area contributed by atoms with Gasteiger partial charge < -0.3 is 20.4 Å². The number of rotatable bonds is 3. The van der Waals surface area contributed by atoms with Crippen molar-refractivity contribution in [1.29, 1.82) is 0 Å². The number of carbonyl (C=O) groups excluding carboxylic acids is 2. The number of nitrogens with two attached hydrogens (primary N) is 1. The van der Waals surface area contributed by atoms with Gasteiger partial charge in [0.1, 0.15) is 11.6 Å². The summed E-state index contributed by atoms with van der Waals surface area (Å²) in [5, 5.41) is 2.27. The maximum atomic E-state index is 13.1. The van der Waals surface area contributed by atoms with Crippen molar-refractivity contribution in [3.8, 4) is 0 Å². The number of anilines is 1. The van der Waals surface area contributed by atoms with E-state index < -0.39 is 35.4 Å². The maximum absolute atomic E-state index is 13.1. The zero-order valence-corrected chi connectivity index (χ0v) is 14.9. The van der Waals surface area contributed by atoms with Crippen LogP contribution in [0, 0.1) is 0 Å². The first-order valence-electron chi connectivity index (χ1n) is 8.60. The molecule has 3 rings (SSSR count). The number of amides is 2. The van der Waals surface area contributed by atoms with Crippen LogP contribution in [0.4, 0.5) is 18.9 Å². The van der Waals surface area contributed by atoms with Gasteiger partial charge in [-0.05, 0) is 31.9 Å². The van der Waals surface area contributed by atoms with Gasteiger partial charge in [-0.1, -0.05) is 0 Å². The maximum Gasteiger partial charge on any atom is 0.417 e. The smallest absolute Gasteiger partial charge is 0.417 e. The standard InChI is InChI=1S/C18H18F3N3O4/c1-9(22)17(27)24-6-2-3-13(24)16(26)23-10-4-5-11-12(18(19,20)21)8-15(25)28-14(11)7-10/h4-5,7-9,13H,2-3,6,22H2,1H3,(H,23,26). The highest BCUT2D eigenvalue weighted by molar-refractivity contribution is 5.99. The number of benzene rings is 1. The van der Waals surface area contributed by atoms with E-state index >= 15 is 0 Å². The normalized spacial score (nSPS) is 18.3. The molecule has 1 aliphatic heterocycles. The summed E-state index contributed by atoms with van der Waals surface area (Å²) < 4.78 is 44.1.